The Labute approximate surface area is 259 Å². The van der Waals surface area contributed by atoms with Gasteiger partial charge >= 0.3 is 13.8 Å². The SMILES string of the molecule is CNC(=O)c1c(Nc2nc(Nc3ccc(CP(=O)(O)O)cc3OC)ncc2C(F)(F)F)ccc(-c2cnn(CCCO)c2)c1Cl. The van der Waals surface area contributed by atoms with Crippen LogP contribution in [0.3, 0.4) is 0 Å². The molecule has 0 radical (unpaired) electrons. The summed E-state index contributed by atoms with van der Waals surface area (Å²) in [5.41, 5.74) is -0.0538. The predicted molar refractivity (Wildman–Crippen MR) is 160 cm³/mol. The normalized spacial score (nSPS) is 11.8. The number of anilines is 4. The Morgan fingerprint density at radius 2 is 1.87 bits per heavy atom. The predicted octanol–water partition coefficient (Wildman–Crippen LogP) is 4.93. The molecule has 4 aromatic rings. The van der Waals surface area contributed by atoms with Crippen LogP contribution in [0.2, 0.25) is 5.02 Å². The molecule has 45 heavy (non-hydrogen) atoms. The van der Waals surface area contributed by atoms with E-state index in [0.717, 1.165) is 0 Å². The van der Waals surface area contributed by atoms with Gasteiger partial charge in [0.1, 0.15) is 17.1 Å². The van der Waals surface area contributed by atoms with Crippen molar-refractivity contribution in [3.8, 4) is 16.9 Å². The molecule has 0 aliphatic rings. The van der Waals surface area contributed by atoms with Crippen LogP contribution < -0.4 is 20.7 Å². The number of aliphatic hydroxyl groups is 1. The first-order valence-corrected chi connectivity index (χ1v) is 15.3. The fourth-order valence-electron chi connectivity index (χ4n) is 4.28. The molecule has 0 saturated heterocycles. The number of carbonyl (C=O) groups is 1. The largest absolute Gasteiger partial charge is 0.495 e. The van der Waals surface area contributed by atoms with Crippen molar-refractivity contribution in [1.82, 2.24) is 25.1 Å². The van der Waals surface area contributed by atoms with Crippen molar-refractivity contribution < 1.29 is 42.2 Å². The fraction of sp³-hybridized carbons (Fsp3) is 0.259. The summed E-state index contributed by atoms with van der Waals surface area (Å²) in [6.07, 6.45) is -1.24. The van der Waals surface area contributed by atoms with Gasteiger partial charge in [0.2, 0.25) is 5.95 Å². The Bertz CT molecular complexity index is 1750. The van der Waals surface area contributed by atoms with E-state index in [2.05, 4.69) is 31.0 Å². The molecule has 2 aromatic heterocycles. The summed E-state index contributed by atoms with van der Waals surface area (Å²) in [7, 11) is -1.72. The lowest BCUT2D eigenvalue weighted by molar-refractivity contribution is -0.137. The van der Waals surface area contributed by atoms with Crippen molar-refractivity contribution in [2.45, 2.75) is 25.3 Å². The number of nitrogens with zero attached hydrogens (tertiary/aromatic N) is 4. The van der Waals surface area contributed by atoms with Crippen LogP contribution in [-0.4, -0.2) is 61.3 Å². The van der Waals surface area contributed by atoms with E-state index in [1.807, 2.05) is 0 Å². The summed E-state index contributed by atoms with van der Waals surface area (Å²) in [6.45, 7) is 0.403. The summed E-state index contributed by atoms with van der Waals surface area (Å²) in [6, 6.07) is 7.08. The first-order chi connectivity index (χ1) is 21.2. The number of benzene rings is 2. The van der Waals surface area contributed by atoms with Crippen LogP contribution in [0.1, 0.15) is 27.9 Å². The van der Waals surface area contributed by atoms with Gasteiger partial charge in [-0.05, 0) is 30.2 Å². The van der Waals surface area contributed by atoms with Gasteiger partial charge in [-0.3, -0.25) is 14.0 Å². The van der Waals surface area contributed by atoms with E-state index < -0.39 is 37.2 Å². The van der Waals surface area contributed by atoms with E-state index >= 15 is 0 Å². The molecule has 0 aliphatic carbocycles. The molecule has 0 bridgehead atoms. The maximum absolute atomic E-state index is 14.0. The molecular formula is C27H28ClF3N7O6P. The zero-order valence-electron chi connectivity index (χ0n) is 23.8. The Morgan fingerprint density at radius 3 is 2.51 bits per heavy atom. The van der Waals surface area contributed by atoms with Gasteiger partial charge in [0.05, 0.1) is 41.4 Å². The highest BCUT2D eigenvalue weighted by atomic mass is 35.5. The number of aliphatic hydroxyl groups excluding tert-OH is 1. The van der Waals surface area contributed by atoms with Crippen molar-refractivity contribution in [3.05, 3.63) is 70.6 Å². The molecule has 6 N–H and O–H groups in total. The quantitative estimate of drug-likeness (QED) is 0.112. The number of ether oxygens (including phenoxy) is 1. The van der Waals surface area contributed by atoms with Crippen molar-refractivity contribution in [2.24, 2.45) is 0 Å². The average molecular weight is 670 g/mol. The van der Waals surface area contributed by atoms with Crippen LogP contribution in [0.4, 0.5) is 36.3 Å². The molecule has 0 unspecified atom stereocenters. The number of methoxy groups -OCH3 is 1. The smallest absolute Gasteiger partial charge is 0.421 e. The molecule has 0 aliphatic heterocycles. The van der Waals surface area contributed by atoms with Gasteiger partial charge in [0.25, 0.3) is 5.91 Å². The lowest BCUT2D eigenvalue weighted by atomic mass is 10.0. The first kappa shape index (κ1) is 33.7. The Morgan fingerprint density at radius 1 is 1.13 bits per heavy atom. The second kappa shape index (κ2) is 13.8. The summed E-state index contributed by atoms with van der Waals surface area (Å²) < 4.78 is 60.3. The molecule has 4 rings (SSSR count). The van der Waals surface area contributed by atoms with Crippen molar-refractivity contribution in [2.75, 3.05) is 31.4 Å². The lowest BCUT2D eigenvalue weighted by Gasteiger charge is -2.18. The second-order valence-corrected chi connectivity index (χ2v) is 11.6. The number of amides is 1. The third kappa shape index (κ3) is 8.29. The van der Waals surface area contributed by atoms with Crippen LogP contribution in [-0.2, 0) is 23.4 Å². The zero-order chi connectivity index (χ0) is 32.9. The molecular weight excluding hydrogens is 642 g/mol. The highest BCUT2D eigenvalue weighted by molar-refractivity contribution is 7.50. The van der Waals surface area contributed by atoms with Crippen LogP contribution in [0.25, 0.3) is 11.1 Å². The molecule has 0 atom stereocenters. The first-order valence-electron chi connectivity index (χ1n) is 13.1. The number of hydrogen-bond acceptors (Lipinski definition) is 9. The number of alkyl halides is 3. The topological polar surface area (TPSA) is 184 Å². The summed E-state index contributed by atoms with van der Waals surface area (Å²) in [4.78, 5) is 39.3. The molecule has 2 heterocycles. The number of nitrogens with one attached hydrogen (secondary N) is 3. The number of hydrogen-bond donors (Lipinski definition) is 6. The van der Waals surface area contributed by atoms with E-state index in [4.69, 9.17) is 21.4 Å². The molecule has 1 amide bonds. The summed E-state index contributed by atoms with van der Waals surface area (Å²) in [5, 5.41) is 21.0. The van der Waals surface area contributed by atoms with Crippen LogP contribution in [0, 0.1) is 0 Å². The molecule has 240 valence electrons. The maximum Gasteiger partial charge on any atom is 0.421 e. The Kier molecular flexibility index (Phi) is 10.4. The van der Waals surface area contributed by atoms with E-state index in [1.165, 1.54) is 50.7 Å². The standard InChI is InChI=1S/C27H28ClF3N7O6P/c1-32-25(40)22-20(7-5-17(23(22)28)16-11-34-38(13-16)8-3-9-39)35-24-18(27(29,30)31)12-33-26(37-24)36-19-6-4-15(10-21(19)44-2)14-45(41,42)43/h4-7,10-13,39H,3,8-9,14H2,1-2H3,(H,32,40)(H2,41,42,43)(H2,33,35,36,37). The van der Waals surface area contributed by atoms with E-state index in [0.29, 0.717) is 30.3 Å². The van der Waals surface area contributed by atoms with Gasteiger partial charge in [0, 0.05) is 43.7 Å². The highest BCUT2D eigenvalue weighted by Crippen LogP contribution is 2.42. The molecule has 2 aromatic carbocycles. The zero-order valence-corrected chi connectivity index (χ0v) is 25.4. The number of aromatic nitrogens is 4. The van der Waals surface area contributed by atoms with E-state index in [-0.39, 0.29) is 45.8 Å². The van der Waals surface area contributed by atoms with Crippen molar-refractivity contribution >= 4 is 48.2 Å². The highest BCUT2D eigenvalue weighted by Gasteiger charge is 2.36. The van der Waals surface area contributed by atoms with Gasteiger partial charge in [-0.1, -0.05) is 23.7 Å². The van der Waals surface area contributed by atoms with Gasteiger partial charge in [-0.2, -0.15) is 23.3 Å². The minimum Gasteiger partial charge on any atom is -0.495 e. The Balaban J connectivity index is 1.73. The molecule has 0 fully saturated rings. The number of halogens is 4. The number of rotatable bonds is 12. The van der Waals surface area contributed by atoms with Crippen molar-refractivity contribution in [3.63, 3.8) is 0 Å². The van der Waals surface area contributed by atoms with Gasteiger partial charge in [-0.15, -0.1) is 0 Å². The van der Waals surface area contributed by atoms with E-state index in [1.54, 1.807) is 10.9 Å². The molecule has 0 spiro atoms. The van der Waals surface area contributed by atoms with Crippen LogP contribution >= 0.6 is 19.2 Å². The molecule has 0 saturated carbocycles. The van der Waals surface area contributed by atoms with Gasteiger partial charge < -0.3 is 35.6 Å². The van der Waals surface area contributed by atoms with Crippen LogP contribution in [0.15, 0.2) is 48.9 Å². The average Bonchev–Trinajstić information content (AvgIpc) is 3.44. The minimum absolute atomic E-state index is 0.0312. The summed E-state index contributed by atoms with van der Waals surface area (Å²) in [5.74, 6) is -1.53. The lowest BCUT2D eigenvalue weighted by Crippen LogP contribution is -2.21. The van der Waals surface area contributed by atoms with Gasteiger partial charge in [0.15, 0.2) is 0 Å². The third-order valence-electron chi connectivity index (χ3n) is 6.33. The van der Waals surface area contributed by atoms with Crippen LogP contribution in [0.5, 0.6) is 5.75 Å². The number of carbonyl (C=O) groups excluding carboxylic acids is 1. The number of aryl methyl sites for hydroxylation is 1. The van der Waals surface area contributed by atoms with Gasteiger partial charge in [-0.25, -0.2) is 4.98 Å². The minimum atomic E-state index is -4.89. The Hall–Kier alpha value is -4.21. The third-order valence-corrected chi connectivity index (χ3v) is 7.50. The van der Waals surface area contributed by atoms with E-state index in [9.17, 15) is 32.3 Å². The summed E-state index contributed by atoms with van der Waals surface area (Å²) >= 11 is 6.65. The van der Waals surface area contributed by atoms with Crippen molar-refractivity contribution in [1.29, 1.82) is 0 Å². The molecule has 18 heteroatoms. The molecule has 13 nitrogen and oxygen atoms in total. The maximum atomic E-state index is 14.0. The monoisotopic (exact) mass is 669 g/mol. The second-order valence-electron chi connectivity index (χ2n) is 9.56. The fourth-order valence-corrected chi connectivity index (χ4v) is 5.31.